The third-order valence-corrected chi connectivity index (χ3v) is 2.18. The maximum atomic E-state index is 10.4. The molecule has 1 aromatic heterocycles. The van der Waals surface area contributed by atoms with Crippen LogP contribution >= 0.6 is 11.6 Å². The van der Waals surface area contributed by atoms with Gasteiger partial charge in [-0.2, -0.15) is 4.98 Å². The van der Waals surface area contributed by atoms with E-state index in [1.807, 2.05) is 0 Å². The van der Waals surface area contributed by atoms with Gasteiger partial charge < -0.3 is 9.26 Å². The Morgan fingerprint density at radius 3 is 2.94 bits per heavy atom. The van der Waals surface area contributed by atoms with Crippen LogP contribution in [0.3, 0.4) is 0 Å². The molecule has 0 spiro atoms. The van der Waals surface area contributed by atoms with E-state index in [-0.39, 0.29) is 11.7 Å². The zero-order chi connectivity index (χ0) is 11.5. The number of nitrogens with zero attached hydrogens (tertiary/aromatic N) is 2. The molecule has 82 valence electrons. The van der Waals surface area contributed by atoms with E-state index in [0.29, 0.717) is 22.6 Å². The molecule has 0 aliphatic heterocycles. The van der Waals surface area contributed by atoms with E-state index >= 15 is 0 Å². The number of carbonyl (C=O) groups excluding carboxylic acids is 1. The van der Waals surface area contributed by atoms with E-state index in [9.17, 15) is 4.79 Å². The third kappa shape index (κ3) is 1.90. The summed E-state index contributed by atoms with van der Waals surface area (Å²) < 4.78 is 9.81. The highest BCUT2D eigenvalue weighted by Crippen LogP contribution is 2.30. The van der Waals surface area contributed by atoms with Gasteiger partial charge in [0.05, 0.1) is 12.7 Å². The lowest BCUT2D eigenvalue weighted by Crippen LogP contribution is -1.89. The van der Waals surface area contributed by atoms with Gasteiger partial charge >= 0.3 is 0 Å². The van der Waals surface area contributed by atoms with Crippen molar-refractivity contribution in [1.82, 2.24) is 10.1 Å². The van der Waals surface area contributed by atoms with Crippen LogP contribution in [0.15, 0.2) is 22.7 Å². The second-order valence-corrected chi connectivity index (χ2v) is 3.36. The van der Waals surface area contributed by atoms with E-state index in [4.69, 9.17) is 16.3 Å². The van der Waals surface area contributed by atoms with Crippen molar-refractivity contribution in [3.8, 4) is 17.1 Å². The first-order valence-corrected chi connectivity index (χ1v) is 4.75. The fourth-order valence-electron chi connectivity index (χ4n) is 1.24. The zero-order valence-corrected chi connectivity index (χ0v) is 9.06. The largest absolute Gasteiger partial charge is 0.496 e. The van der Waals surface area contributed by atoms with Crippen LogP contribution in [0.5, 0.6) is 5.75 Å². The van der Waals surface area contributed by atoms with E-state index in [2.05, 4.69) is 14.7 Å². The molecule has 2 aromatic rings. The highest BCUT2D eigenvalue weighted by atomic mass is 35.5. The van der Waals surface area contributed by atoms with Gasteiger partial charge in [0.1, 0.15) is 5.75 Å². The van der Waals surface area contributed by atoms with Crippen molar-refractivity contribution in [2.45, 2.75) is 0 Å². The molecule has 0 aliphatic carbocycles. The number of hydrogen-bond donors (Lipinski definition) is 0. The Hall–Kier alpha value is -1.88. The highest BCUT2D eigenvalue weighted by Gasteiger charge is 2.13. The fraction of sp³-hybridized carbons (Fsp3) is 0.100. The molecule has 0 fully saturated rings. The van der Waals surface area contributed by atoms with Crippen LogP contribution in [0.4, 0.5) is 0 Å². The molecule has 6 heteroatoms. The van der Waals surface area contributed by atoms with Gasteiger partial charge in [0.2, 0.25) is 12.1 Å². The molecular weight excluding hydrogens is 232 g/mol. The molecule has 5 nitrogen and oxygen atoms in total. The number of rotatable bonds is 3. The normalized spacial score (nSPS) is 10.1. The number of carbonyl (C=O) groups is 1. The van der Waals surface area contributed by atoms with Crippen LogP contribution in [0.2, 0.25) is 5.02 Å². The number of hydrogen-bond acceptors (Lipinski definition) is 5. The molecule has 0 saturated heterocycles. The van der Waals surface area contributed by atoms with Crippen molar-refractivity contribution in [2.24, 2.45) is 0 Å². The fourth-order valence-corrected chi connectivity index (χ4v) is 1.40. The first-order valence-electron chi connectivity index (χ1n) is 4.37. The summed E-state index contributed by atoms with van der Waals surface area (Å²) in [5, 5.41) is 4.20. The molecular formula is C10H7ClN2O3. The van der Waals surface area contributed by atoms with E-state index in [1.165, 1.54) is 7.11 Å². The van der Waals surface area contributed by atoms with Crippen molar-refractivity contribution in [1.29, 1.82) is 0 Å². The summed E-state index contributed by atoms with van der Waals surface area (Å²) in [5.41, 5.74) is 0.615. The predicted octanol–water partition coefficient (Wildman–Crippen LogP) is 2.21. The van der Waals surface area contributed by atoms with Gasteiger partial charge in [0.25, 0.3) is 5.89 Å². The van der Waals surface area contributed by atoms with Gasteiger partial charge in [0.15, 0.2) is 0 Å². The Kier molecular flexibility index (Phi) is 2.87. The van der Waals surface area contributed by atoms with Crippen LogP contribution in [0.25, 0.3) is 11.4 Å². The van der Waals surface area contributed by atoms with Crippen LogP contribution in [-0.2, 0) is 0 Å². The lowest BCUT2D eigenvalue weighted by atomic mass is 10.2. The number of aldehydes is 1. The summed E-state index contributed by atoms with van der Waals surface area (Å²) in [7, 11) is 1.51. The summed E-state index contributed by atoms with van der Waals surface area (Å²) in [4.78, 5) is 14.3. The molecule has 0 atom stereocenters. The maximum Gasteiger partial charge on any atom is 0.291 e. The Balaban J connectivity index is 2.50. The lowest BCUT2D eigenvalue weighted by Gasteiger charge is -2.04. The Labute approximate surface area is 96.0 Å². The quantitative estimate of drug-likeness (QED) is 0.767. The minimum absolute atomic E-state index is 0.0768. The number of benzene rings is 1. The minimum Gasteiger partial charge on any atom is -0.496 e. The summed E-state index contributed by atoms with van der Waals surface area (Å²) in [6, 6.07) is 5.00. The maximum absolute atomic E-state index is 10.4. The summed E-state index contributed by atoms with van der Waals surface area (Å²) in [6.45, 7) is 0. The first-order chi connectivity index (χ1) is 7.74. The van der Waals surface area contributed by atoms with Gasteiger partial charge in [-0.15, -0.1) is 0 Å². The molecule has 0 amide bonds. The predicted molar refractivity (Wildman–Crippen MR) is 56.7 cm³/mol. The van der Waals surface area contributed by atoms with Crippen LogP contribution < -0.4 is 4.74 Å². The first kappa shape index (κ1) is 10.6. The molecule has 0 N–H and O–H groups in total. The van der Waals surface area contributed by atoms with Gasteiger partial charge in [-0.3, -0.25) is 4.79 Å². The average Bonchev–Trinajstić information content (AvgIpc) is 2.77. The Bertz CT molecular complexity index is 525. The molecule has 0 aliphatic rings. The zero-order valence-electron chi connectivity index (χ0n) is 8.31. The van der Waals surface area contributed by atoms with Gasteiger partial charge in [-0.1, -0.05) is 16.8 Å². The Morgan fingerprint density at radius 1 is 1.50 bits per heavy atom. The second kappa shape index (κ2) is 4.32. The highest BCUT2D eigenvalue weighted by molar-refractivity contribution is 6.30. The molecule has 16 heavy (non-hydrogen) atoms. The monoisotopic (exact) mass is 238 g/mol. The molecule has 0 bridgehead atoms. The molecule has 0 saturated carbocycles. The summed E-state index contributed by atoms with van der Waals surface area (Å²) in [5.74, 6) is 0.730. The second-order valence-electron chi connectivity index (χ2n) is 2.92. The van der Waals surface area contributed by atoms with E-state index in [1.54, 1.807) is 18.2 Å². The number of ether oxygens (including phenoxy) is 1. The van der Waals surface area contributed by atoms with Crippen LogP contribution in [-0.4, -0.2) is 23.5 Å². The van der Waals surface area contributed by atoms with Crippen LogP contribution in [0, 0.1) is 0 Å². The molecule has 0 radical (unpaired) electrons. The molecule has 1 aromatic carbocycles. The van der Waals surface area contributed by atoms with Crippen molar-refractivity contribution in [3.63, 3.8) is 0 Å². The average molecular weight is 239 g/mol. The van der Waals surface area contributed by atoms with Gasteiger partial charge in [0, 0.05) is 5.02 Å². The summed E-state index contributed by atoms with van der Waals surface area (Å²) >= 11 is 5.82. The number of aromatic nitrogens is 2. The van der Waals surface area contributed by atoms with Crippen molar-refractivity contribution < 1.29 is 14.1 Å². The van der Waals surface area contributed by atoms with Crippen LogP contribution in [0.1, 0.15) is 10.7 Å². The summed E-state index contributed by atoms with van der Waals surface area (Å²) in [6.07, 6.45) is 0.485. The number of halogens is 1. The molecule has 1 heterocycles. The van der Waals surface area contributed by atoms with Crippen molar-refractivity contribution in [3.05, 3.63) is 29.1 Å². The van der Waals surface area contributed by atoms with Gasteiger partial charge in [-0.05, 0) is 18.2 Å². The SMILES string of the molecule is COc1cc(Cl)ccc1-c1noc(C=O)n1. The topological polar surface area (TPSA) is 65.2 Å². The van der Waals surface area contributed by atoms with Crippen molar-refractivity contribution >= 4 is 17.9 Å². The molecule has 2 rings (SSSR count). The minimum atomic E-state index is -0.0768. The third-order valence-electron chi connectivity index (χ3n) is 1.95. The van der Waals surface area contributed by atoms with E-state index < -0.39 is 0 Å². The Morgan fingerprint density at radius 2 is 2.31 bits per heavy atom. The lowest BCUT2D eigenvalue weighted by molar-refractivity contribution is 0.108. The smallest absolute Gasteiger partial charge is 0.291 e. The molecule has 0 unspecified atom stereocenters. The number of methoxy groups -OCH3 is 1. The van der Waals surface area contributed by atoms with Gasteiger partial charge in [-0.25, -0.2) is 0 Å². The van der Waals surface area contributed by atoms with Crippen molar-refractivity contribution in [2.75, 3.05) is 7.11 Å². The standard InChI is InChI=1S/C10H7ClN2O3/c1-15-8-4-6(11)2-3-7(8)10-12-9(5-14)16-13-10/h2-5H,1H3. The van der Waals surface area contributed by atoms with E-state index in [0.717, 1.165) is 0 Å².